The van der Waals surface area contributed by atoms with Crippen LogP contribution in [0.2, 0.25) is 0 Å². The van der Waals surface area contributed by atoms with E-state index in [9.17, 15) is 4.39 Å². The van der Waals surface area contributed by atoms with Crippen molar-refractivity contribution in [1.29, 1.82) is 0 Å². The van der Waals surface area contributed by atoms with Gasteiger partial charge in [0.05, 0.1) is 11.2 Å². The normalized spacial score (nSPS) is 11.4. The molecule has 0 fully saturated rings. The number of anilines is 1. The Morgan fingerprint density at radius 2 is 1.52 bits per heavy atom. The maximum absolute atomic E-state index is 13.1. The van der Waals surface area contributed by atoms with Crippen LogP contribution in [0.25, 0.3) is 34.3 Å². The van der Waals surface area contributed by atoms with Gasteiger partial charge in [-0.15, -0.1) is 0 Å². The first-order valence-electron chi connectivity index (χ1n) is 7.97. The molecule has 1 aromatic heterocycles. The van der Waals surface area contributed by atoms with Crippen molar-refractivity contribution < 1.29 is 4.39 Å². The van der Waals surface area contributed by atoms with Crippen LogP contribution in [0.3, 0.4) is 0 Å². The largest absolute Gasteiger partial charge is 0.399 e. The molecule has 0 aliphatic carbocycles. The third-order valence-corrected chi connectivity index (χ3v) is 4.11. The summed E-state index contributed by atoms with van der Waals surface area (Å²) in [6.07, 6.45) is 4.09. The van der Waals surface area contributed by atoms with Gasteiger partial charge in [-0.25, -0.2) is 4.39 Å². The fraction of sp³-hybridized carbons (Fsp3) is 0. The van der Waals surface area contributed by atoms with Crippen LogP contribution in [0.4, 0.5) is 10.1 Å². The first-order chi connectivity index (χ1) is 12.2. The lowest BCUT2D eigenvalue weighted by Gasteiger charge is -2.00. The summed E-state index contributed by atoms with van der Waals surface area (Å²) in [6, 6.07) is 20.2. The molecular weight excluding hydrogens is 313 g/mol. The Morgan fingerprint density at radius 1 is 0.840 bits per heavy atom. The number of fused-ring (bicyclic) bond motifs is 1. The zero-order valence-electron chi connectivity index (χ0n) is 13.4. The van der Waals surface area contributed by atoms with Crippen LogP contribution >= 0.6 is 0 Å². The van der Waals surface area contributed by atoms with E-state index in [0.717, 1.165) is 39.0 Å². The summed E-state index contributed by atoms with van der Waals surface area (Å²) in [7, 11) is 0. The summed E-state index contributed by atoms with van der Waals surface area (Å²) in [4.78, 5) is 0. The number of nitrogens with two attached hydrogens (primary N) is 1. The van der Waals surface area contributed by atoms with E-state index in [-0.39, 0.29) is 5.82 Å². The molecule has 0 amide bonds. The molecule has 25 heavy (non-hydrogen) atoms. The van der Waals surface area contributed by atoms with Crippen molar-refractivity contribution in [1.82, 2.24) is 10.2 Å². The number of halogens is 1. The minimum atomic E-state index is -0.254. The lowest BCUT2D eigenvalue weighted by molar-refractivity contribution is 0.628. The van der Waals surface area contributed by atoms with Crippen LogP contribution in [-0.4, -0.2) is 10.2 Å². The van der Waals surface area contributed by atoms with Gasteiger partial charge in [0.2, 0.25) is 0 Å². The summed E-state index contributed by atoms with van der Waals surface area (Å²) in [5.41, 5.74) is 11.3. The minimum absolute atomic E-state index is 0.254. The summed E-state index contributed by atoms with van der Waals surface area (Å²) in [6.45, 7) is 0. The number of benzene rings is 3. The molecule has 0 aliphatic heterocycles. The van der Waals surface area contributed by atoms with Gasteiger partial charge in [0.25, 0.3) is 0 Å². The average molecular weight is 329 g/mol. The van der Waals surface area contributed by atoms with E-state index in [2.05, 4.69) is 16.3 Å². The Balaban J connectivity index is 1.70. The number of hydrogen-bond donors (Lipinski definition) is 2. The fourth-order valence-corrected chi connectivity index (χ4v) is 2.76. The van der Waals surface area contributed by atoms with E-state index in [4.69, 9.17) is 5.73 Å². The van der Waals surface area contributed by atoms with E-state index >= 15 is 0 Å². The molecule has 3 aromatic carbocycles. The monoisotopic (exact) mass is 329 g/mol. The lowest BCUT2D eigenvalue weighted by Crippen LogP contribution is -1.82. The summed E-state index contributed by atoms with van der Waals surface area (Å²) >= 11 is 0. The topological polar surface area (TPSA) is 54.7 Å². The Kier molecular flexibility index (Phi) is 3.78. The molecule has 4 aromatic rings. The molecule has 0 unspecified atom stereocenters. The molecule has 4 heteroatoms. The smallest absolute Gasteiger partial charge is 0.123 e. The molecule has 3 N–H and O–H groups in total. The number of hydrogen-bond acceptors (Lipinski definition) is 2. The molecule has 122 valence electrons. The fourth-order valence-electron chi connectivity index (χ4n) is 2.76. The lowest BCUT2D eigenvalue weighted by atomic mass is 10.0. The van der Waals surface area contributed by atoms with Gasteiger partial charge in [-0.3, -0.25) is 5.10 Å². The van der Waals surface area contributed by atoms with Crippen molar-refractivity contribution in [3.05, 3.63) is 83.7 Å². The van der Waals surface area contributed by atoms with E-state index in [1.807, 2.05) is 48.6 Å². The van der Waals surface area contributed by atoms with Crippen molar-refractivity contribution in [3.8, 4) is 11.3 Å². The zero-order chi connectivity index (χ0) is 17.2. The van der Waals surface area contributed by atoms with Gasteiger partial charge in [0, 0.05) is 16.6 Å². The van der Waals surface area contributed by atoms with Gasteiger partial charge >= 0.3 is 0 Å². The molecule has 0 spiro atoms. The third-order valence-electron chi connectivity index (χ3n) is 4.11. The number of aromatic amines is 1. The number of nitrogens with zero attached hydrogens (tertiary/aromatic N) is 1. The summed E-state index contributed by atoms with van der Waals surface area (Å²) in [5, 5.41) is 8.41. The van der Waals surface area contributed by atoms with Crippen molar-refractivity contribution in [2.24, 2.45) is 0 Å². The predicted molar refractivity (Wildman–Crippen MR) is 101 cm³/mol. The molecule has 0 saturated carbocycles. The quantitative estimate of drug-likeness (QED) is 0.405. The summed E-state index contributed by atoms with van der Waals surface area (Å²) < 4.78 is 13.1. The van der Waals surface area contributed by atoms with Gasteiger partial charge in [0.15, 0.2) is 0 Å². The number of H-pyrrole nitrogens is 1. The molecule has 0 bridgehead atoms. The van der Waals surface area contributed by atoms with Crippen molar-refractivity contribution in [2.45, 2.75) is 0 Å². The molecule has 3 nitrogen and oxygen atoms in total. The van der Waals surface area contributed by atoms with Crippen molar-refractivity contribution in [3.63, 3.8) is 0 Å². The molecule has 0 radical (unpaired) electrons. The number of aromatic nitrogens is 2. The standard InChI is InChI=1S/C21H16FN3/c22-17-8-6-16(7-9-17)21-19-13-15(5-12-20(19)24-25-21)2-1-14-3-10-18(23)11-4-14/h1-13H,23H2,(H,24,25). The van der Waals surface area contributed by atoms with Crippen LogP contribution in [-0.2, 0) is 0 Å². The average Bonchev–Trinajstić information content (AvgIpc) is 3.05. The molecule has 0 atom stereocenters. The van der Waals surface area contributed by atoms with Crippen molar-refractivity contribution >= 4 is 28.7 Å². The number of nitrogens with one attached hydrogen (secondary N) is 1. The van der Waals surface area contributed by atoms with Gasteiger partial charge in [-0.2, -0.15) is 5.10 Å². The Hall–Kier alpha value is -3.40. The van der Waals surface area contributed by atoms with Crippen LogP contribution < -0.4 is 5.73 Å². The predicted octanol–water partition coefficient (Wildman–Crippen LogP) is 5.12. The van der Waals surface area contributed by atoms with E-state index in [0.29, 0.717) is 0 Å². The summed E-state index contributed by atoms with van der Waals surface area (Å²) in [5.74, 6) is -0.254. The minimum Gasteiger partial charge on any atom is -0.399 e. The highest BCUT2D eigenvalue weighted by atomic mass is 19.1. The van der Waals surface area contributed by atoms with E-state index < -0.39 is 0 Å². The first kappa shape index (κ1) is 15.1. The third kappa shape index (κ3) is 3.15. The molecule has 1 heterocycles. The van der Waals surface area contributed by atoms with E-state index in [1.54, 1.807) is 12.1 Å². The maximum Gasteiger partial charge on any atom is 0.123 e. The maximum atomic E-state index is 13.1. The molecule has 0 aliphatic rings. The zero-order valence-corrected chi connectivity index (χ0v) is 13.4. The van der Waals surface area contributed by atoms with Gasteiger partial charge < -0.3 is 5.73 Å². The van der Waals surface area contributed by atoms with Gasteiger partial charge in [-0.1, -0.05) is 30.4 Å². The molecular formula is C21H16FN3. The van der Waals surface area contributed by atoms with E-state index in [1.165, 1.54) is 12.1 Å². The van der Waals surface area contributed by atoms with Gasteiger partial charge in [0.1, 0.15) is 5.82 Å². The Labute approximate surface area is 144 Å². The second-order valence-corrected chi connectivity index (χ2v) is 5.88. The highest BCUT2D eigenvalue weighted by Gasteiger charge is 2.08. The molecule has 4 rings (SSSR count). The van der Waals surface area contributed by atoms with Crippen LogP contribution in [0.15, 0.2) is 66.7 Å². The Morgan fingerprint density at radius 3 is 2.28 bits per heavy atom. The second-order valence-electron chi connectivity index (χ2n) is 5.88. The number of nitrogen functional groups attached to an aromatic ring is 1. The van der Waals surface area contributed by atoms with Gasteiger partial charge in [-0.05, 0) is 59.7 Å². The van der Waals surface area contributed by atoms with Crippen LogP contribution in [0.5, 0.6) is 0 Å². The number of rotatable bonds is 3. The first-order valence-corrected chi connectivity index (χ1v) is 7.97. The second kappa shape index (κ2) is 6.24. The van der Waals surface area contributed by atoms with Crippen LogP contribution in [0.1, 0.15) is 11.1 Å². The SMILES string of the molecule is Nc1ccc(C=Cc2ccc3[nH]nc(-c4ccc(F)cc4)c3c2)cc1. The van der Waals surface area contributed by atoms with Crippen LogP contribution in [0, 0.1) is 5.82 Å². The highest BCUT2D eigenvalue weighted by Crippen LogP contribution is 2.27. The molecule has 0 saturated heterocycles. The van der Waals surface area contributed by atoms with Crippen molar-refractivity contribution in [2.75, 3.05) is 5.73 Å². The highest BCUT2D eigenvalue weighted by molar-refractivity contribution is 5.94. The Bertz CT molecular complexity index is 1040.